The number of thioether (sulfide) groups is 1. The van der Waals surface area contributed by atoms with E-state index in [4.69, 9.17) is 0 Å². The average molecular weight is 381 g/mol. The van der Waals surface area contributed by atoms with Crippen molar-refractivity contribution in [1.82, 2.24) is 25.0 Å². The van der Waals surface area contributed by atoms with Crippen LogP contribution < -0.4 is 5.32 Å². The van der Waals surface area contributed by atoms with Gasteiger partial charge in [0, 0.05) is 6.54 Å². The normalized spacial score (nSPS) is 10.9. The van der Waals surface area contributed by atoms with Crippen molar-refractivity contribution < 1.29 is 4.79 Å². The Labute approximate surface area is 151 Å². The van der Waals surface area contributed by atoms with Gasteiger partial charge in [-0.15, -0.1) is 31.7 Å². The molecular weight excluding hydrogens is 364 g/mol. The number of amides is 1. The molecule has 0 fully saturated rings. The quantitative estimate of drug-likeness (QED) is 0.634. The van der Waals surface area contributed by atoms with E-state index in [9.17, 15) is 4.79 Å². The summed E-state index contributed by atoms with van der Waals surface area (Å²) in [5.74, 6) is 0.970. The summed E-state index contributed by atoms with van der Waals surface area (Å²) < 4.78 is 2.02. The van der Waals surface area contributed by atoms with Crippen LogP contribution in [0.3, 0.4) is 0 Å². The molecule has 0 unspecified atom stereocenters. The molecule has 0 saturated heterocycles. The van der Waals surface area contributed by atoms with Crippen LogP contribution in [0.1, 0.15) is 18.9 Å². The van der Waals surface area contributed by atoms with Crippen LogP contribution in [-0.2, 0) is 17.8 Å². The van der Waals surface area contributed by atoms with Crippen molar-refractivity contribution >= 4 is 45.5 Å². The van der Waals surface area contributed by atoms with Crippen LogP contribution in [0.4, 0.5) is 5.13 Å². The van der Waals surface area contributed by atoms with Crippen LogP contribution in [0.2, 0.25) is 0 Å². The number of nitrogens with zero attached hydrogens (tertiary/aromatic N) is 5. The lowest BCUT2D eigenvalue weighted by atomic mass is 10.4. The van der Waals surface area contributed by atoms with Crippen LogP contribution in [0, 0.1) is 0 Å². The van der Waals surface area contributed by atoms with E-state index >= 15 is 0 Å². The van der Waals surface area contributed by atoms with Gasteiger partial charge in [0.15, 0.2) is 11.0 Å². The number of carbonyl (C=O) groups is 1. The van der Waals surface area contributed by atoms with E-state index in [1.54, 1.807) is 11.3 Å². The van der Waals surface area contributed by atoms with E-state index in [1.807, 2.05) is 35.9 Å². The number of thiophene rings is 1. The molecule has 10 heteroatoms. The van der Waals surface area contributed by atoms with Crippen molar-refractivity contribution in [3.05, 3.63) is 22.5 Å². The molecule has 1 amide bonds. The van der Waals surface area contributed by atoms with Crippen molar-refractivity contribution in [3.8, 4) is 10.7 Å². The molecule has 3 aromatic rings. The zero-order valence-electron chi connectivity index (χ0n) is 13.2. The van der Waals surface area contributed by atoms with Gasteiger partial charge >= 0.3 is 0 Å². The molecule has 0 saturated carbocycles. The highest BCUT2D eigenvalue weighted by atomic mass is 32.2. The van der Waals surface area contributed by atoms with Crippen LogP contribution in [-0.4, -0.2) is 36.6 Å². The Bertz CT molecular complexity index is 810. The van der Waals surface area contributed by atoms with Gasteiger partial charge in [-0.1, -0.05) is 36.1 Å². The Hall–Kier alpha value is -1.78. The van der Waals surface area contributed by atoms with Crippen LogP contribution in [0.15, 0.2) is 22.7 Å². The molecule has 1 N–H and O–H groups in total. The molecule has 3 rings (SSSR count). The summed E-state index contributed by atoms with van der Waals surface area (Å²) in [6.07, 6.45) is 0.813. The van der Waals surface area contributed by atoms with E-state index in [0.717, 1.165) is 33.8 Å². The summed E-state index contributed by atoms with van der Waals surface area (Å²) >= 11 is 4.39. The predicted molar refractivity (Wildman–Crippen MR) is 97.6 cm³/mol. The minimum absolute atomic E-state index is 0.123. The second kappa shape index (κ2) is 7.86. The summed E-state index contributed by atoms with van der Waals surface area (Å²) in [7, 11) is 0. The Morgan fingerprint density at radius 1 is 1.29 bits per heavy atom. The molecule has 0 spiro atoms. The number of carbonyl (C=O) groups excluding carboxylic acids is 1. The van der Waals surface area contributed by atoms with Gasteiger partial charge in [0.25, 0.3) is 0 Å². The minimum Gasteiger partial charge on any atom is -0.302 e. The molecular formula is C14H16N6OS3. The van der Waals surface area contributed by atoms with Gasteiger partial charge in [-0.2, -0.15) is 0 Å². The van der Waals surface area contributed by atoms with Crippen molar-refractivity contribution in [2.45, 2.75) is 32.0 Å². The van der Waals surface area contributed by atoms with Crippen molar-refractivity contribution in [1.29, 1.82) is 0 Å². The van der Waals surface area contributed by atoms with Crippen molar-refractivity contribution in [3.63, 3.8) is 0 Å². The largest absolute Gasteiger partial charge is 0.302 e. The number of aromatic nitrogens is 5. The fourth-order valence-corrected chi connectivity index (χ4v) is 4.22. The van der Waals surface area contributed by atoms with Crippen LogP contribution in [0.25, 0.3) is 10.7 Å². The van der Waals surface area contributed by atoms with Gasteiger partial charge in [0.05, 0.1) is 10.6 Å². The zero-order valence-corrected chi connectivity index (χ0v) is 15.7. The maximum absolute atomic E-state index is 12.1. The summed E-state index contributed by atoms with van der Waals surface area (Å²) in [5, 5.41) is 23.4. The molecule has 0 radical (unpaired) electrons. The molecule has 0 aliphatic rings. The highest BCUT2D eigenvalue weighted by molar-refractivity contribution is 7.99. The van der Waals surface area contributed by atoms with Gasteiger partial charge < -0.3 is 4.57 Å². The third-order valence-electron chi connectivity index (χ3n) is 3.12. The van der Waals surface area contributed by atoms with Crippen molar-refractivity contribution in [2.24, 2.45) is 0 Å². The SMILES string of the molecule is CCc1nnc(NC(=O)CSc2nnc(-c3cccs3)n2CC)s1. The molecule has 7 nitrogen and oxygen atoms in total. The van der Waals surface area contributed by atoms with Gasteiger partial charge in [0.2, 0.25) is 11.0 Å². The van der Waals surface area contributed by atoms with Crippen LogP contribution >= 0.6 is 34.4 Å². The summed E-state index contributed by atoms with van der Waals surface area (Å²) in [4.78, 5) is 13.1. The summed E-state index contributed by atoms with van der Waals surface area (Å²) in [6, 6.07) is 4.00. The van der Waals surface area contributed by atoms with Crippen LogP contribution in [0.5, 0.6) is 0 Å². The van der Waals surface area contributed by atoms with E-state index < -0.39 is 0 Å². The first-order chi connectivity index (χ1) is 11.7. The number of hydrogen-bond donors (Lipinski definition) is 1. The lowest BCUT2D eigenvalue weighted by Crippen LogP contribution is -2.14. The first-order valence-corrected chi connectivity index (χ1v) is 10.1. The Morgan fingerprint density at radius 3 is 2.83 bits per heavy atom. The molecule has 0 atom stereocenters. The topological polar surface area (TPSA) is 85.6 Å². The third-order valence-corrected chi connectivity index (χ3v) is 5.94. The van der Waals surface area contributed by atoms with E-state index in [1.165, 1.54) is 23.1 Å². The fraction of sp³-hybridized carbons (Fsp3) is 0.357. The second-order valence-corrected chi connectivity index (χ2v) is 7.67. The number of aryl methyl sites for hydroxylation is 1. The molecule has 0 aliphatic carbocycles. The molecule has 0 bridgehead atoms. The molecule has 126 valence electrons. The van der Waals surface area contributed by atoms with Gasteiger partial charge in [-0.05, 0) is 24.8 Å². The molecule has 24 heavy (non-hydrogen) atoms. The third kappa shape index (κ3) is 3.82. The maximum atomic E-state index is 12.1. The molecule has 0 aliphatic heterocycles. The Morgan fingerprint density at radius 2 is 2.17 bits per heavy atom. The van der Waals surface area contributed by atoms with Gasteiger partial charge in [-0.3, -0.25) is 10.1 Å². The lowest BCUT2D eigenvalue weighted by molar-refractivity contribution is -0.113. The smallest absolute Gasteiger partial charge is 0.236 e. The minimum atomic E-state index is -0.123. The summed E-state index contributed by atoms with van der Waals surface area (Å²) in [6.45, 7) is 4.79. The summed E-state index contributed by atoms with van der Waals surface area (Å²) in [5.41, 5.74) is 0. The highest BCUT2D eigenvalue weighted by Gasteiger charge is 2.15. The van der Waals surface area contributed by atoms with E-state index in [-0.39, 0.29) is 11.7 Å². The number of rotatable bonds is 7. The maximum Gasteiger partial charge on any atom is 0.236 e. The molecule has 3 heterocycles. The van der Waals surface area contributed by atoms with Crippen molar-refractivity contribution in [2.75, 3.05) is 11.1 Å². The standard InChI is InChI=1S/C14H16N6OS3/c1-3-11-16-18-13(24-11)15-10(21)8-23-14-19-17-12(20(14)4-2)9-6-5-7-22-9/h5-7H,3-4,8H2,1-2H3,(H,15,18,21). The predicted octanol–water partition coefficient (Wildman–Crippen LogP) is 3.17. The first-order valence-electron chi connectivity index (χ1n) is 7.43. The monoisotopic (exact) mass is 380 g/mol. The molecule has 0 aromatic carbocycles. The number of nitrogens with one attached hydrogen (secondary N) is 1. The Kier molecular flexibility index (Phi) is 5.59. The highest BCUT2D eigenvalue weighted by Crippen LogP contribution is 2.27. The van der Waals surface area contributed by atoms with E-state index in [2.05, 4.69) is 25.7 Å². The first kappa shape index (κ1) is 17.1. The molecule has 3 aromatic heterocycles. The average Bonchev–Trinajstić information content (AvgIpc) is 3.32. The number of anilines is 1. The Balaban J connectivity index is 1.63. The van der Waals surface area contributed by atoms with E-state index in [0.29, 0.717) is 5.13 Å². The number of hydrogen-bond acceptors (Lipinski definition) is 8. The fourth-order valence-electron chi connectivity index (χ4n) is 2.00. The van der Waals surface area contributed by atoms with Gasteiger partial charge in [0.1, 0.15) is 5.01 Å². The zero-order chi connectivity index (χ0) is 16.9. The lowest BCUT2D eigenvalue weighted by Gasteiger charge is -2.05. The van der Waals surface area contributed by atoms with Gasteiger partial charge in [-0.25, -0.2) is 0 Å². The second-order valence-electron chi connectivity index (χ2n) is 4.72.